The molecule has 0 spiro atoms. The van der Waals surface area contributed by atoms with Crippen molar-refractivity contribution in [1.29, 1.82) is 0 Å². The third-order valence-corrected chi connectivity index (χ3v) is 8.19. The fraction of sp³-hybridized carbons (Fsp3) is 0.185. The van der Waals surface area contributed by atoms with Gasteiger partial charge in [-0.1, -0.05) is 30.3 Å². The normalized spacial score (nSPS) is 13.0. The highest BCUT2D eigenvalue weighted by molar-refractivity contribution is 7.92. The van der Waals surface area contributed by atoms with E-state index in [1.54, 1.807) is 35.7 Å². The lowest BCUT2D eigenvalue weighted by molar-refractivity contribution is -0.149. The highest BCUT2D eigenvalue weighted by Gasteiger charge is 2.33. The molecule has 0 saturated heterocycles. The number of benzene rings is 3. The van der Waals surface area contributed by atoms with Gasteiger partial charge in [-0.15, -0.1) is 22.7 Å². The number of phenolic OH excluding ortho intramolecular Hbond substituents is 1. The van der Waals surface area contributed by atoms with Gasteiger partial charge in [0.15, 0.2) is 0 Å². The lowest BCUT2D eigenvalue weighted by Gasteiger charge is -2.33. The molecule has 0 radical (unpaired) electrons. The summed E-state index contributed by atoms with van der Waals surface area (Å²) >= 11 is 3.09. The average molecular weight is 571 g/mol. The molecule has 1 atom stereocenters. The van der Waals surface area contributed by atoms with E-state index < -0.39 is 22.2 Å². The molecule has 0 bridgehead atoms. The highest BCUT2D eigenvalue weighted by Crippen LogP contribution is 2.37. The molecule has 4 N–H and O–H groups in total. The van der Waals surface area contributed by atoms with E-state index in [1.165, 1.54) is 12.1 Å². The van der Waals surface area contributed by atoms with Crippen molar-refractivity contribution in [3.8, 4) is 17.2 Å². The zero-order chi connectivity index (χ0) is 26.9. The number of sulfonamides is 1. The first-order valence-corrected chi connectivity index (χ1v) is 15.3. The molecule has 11 heteroatoms. The Morgan fingerprint density at radius 2 is 1.47 bits per heavy atom. The first-order chi connectivity index (χ1) is 18.1. The zero-order valence-corrected chi connectivity index (χ0v) is 23.0. The Balaban J connectivity index is 1.42. The van der Waals surface area contributed by atoms with Crippen LogP contribution in [0.15, 0.2) is 77.5 Å². The van der Waals surface area contributed by atoms with Crippen LogP contribution < -0.4 is 19.5 Å². The second kappa shape index (κ2) is 10.4. The Morgan fingerprint density at radius 1 is 0.921 bits per heavy atom. The van der Waals surface area contributed by atoms with Gasteiger partial charge >= 0.3 is 5.91 Å². The number of hydrogen-bond donors (Lipinski definition) is 4. The standard InChI is InChI=1S/C27H26N2O6S3/c1-27(34-22-15-36-24-9-5-3-7-18(22)24,35-23-16-37-25-10-6-4-8-19(23)25)28-26(31)14-17-11-12-21(30)20(13-17)29-38(2,32)33/h3-13,15-16,26,28-31H,14H2,1-2H3. The predicted octanol–water partition coefficient (Wildman–Crippen LogP) is 5.48. The van der Waals surface area contributed by atoms with Crippen molar-refractivity contribution in [2.75, 3.05) is 11.0 Å². The van der Waals surface area contributed by atoms with Gasteiger partial charge in [-0.2, -0.15) is 0 Å². The van der Waals surface area contributed by atoms with E-state index in [2.05, 4.69) is 10.0 Å². The summed E-state index contributed by atoms with van der Waals surface area (Å²) < 4.78 is 40.5. The number of aliphatic hydroxyl groups is 1. The minimum Gasteiger partial charge on any atom is -0.506 e. The van der Waals surface area contributed by atoms with E-state index in [-0.39, 0.29) is 17.9 Å². The molecule has 5 aromatic rings. The van der Waals surface area contributed by atoms with Crippen LogP contribution in [0.4, 0.5) is 5.69 Å². The molecule has 0 saturated carbocycles. The van der Waals surface area contributed by atoms with E-state index in [0.29, 0.717) is 17.1 Å². The number of hydrogen-bond acceptors (Lipinski definition) is 9. The Morgan fingerprint density at radius 3 is 2.03 bits per heavy atom. The van der Waals surface area contributed by atoms with Crippen molar-refractivity contribution in [2.24, 2.45) is 0 Å². The minimum atomic E-state index is -3.59. The Kier molecular flexibility index (Phi) is 7.21. The van der Waals surface area contributed by atoms with Crippen molar-refractivity contribution >= 4 is 58.6 Å². The van der Waals surface area contributed by atoms with Crippen LogP contribution in [0.3, 0.4) is 0 Å². The average Bonchev–Trinajstić information content (AvgIpc) is 3.44. The fourth-order valence-corrected chi connectivity index (χ4v) is 6.42. The van der Waals surface area contributed by atoms with Crippen molar-refractivity contribution < 1.29 is 28.1 Å². The summed E-state index contributed by atoms with van der Waals surface area (Å²) in [7, 11) is -3.59. The summed E-state index contributed by atoms with van der Waals surface area (Å²) in [5.74, 6) is -0.474. The summed E-state index contributed by atoms with van der Waals surface area (Å²) in [6, 6.07) is 20.2. The predicted molar refractivity (Wildman–Crippen MR) is 153 cm³/mol. The fourth-order valence-electron chi connectivity index (χ4n) is 4.13. The van der Waals surface area contributed by atoms with Crippen molar-refractivity contribution in [3.05, 3.63) is 83.1 Å². The van der Waals surface area contributed by atoms with Gasteiger partial charge < -0.3 is 19.7 Å². The Labute approximate surface area is 228 Å². The maximum absolute atomic E-state index is 11.6. The molecule has 0 aliphatic carbocycles. The van der Waals surface area contributed by atoms with E-state index in [9.17, 15) is 18.6 Å². The molecule has 198 valence electrons. The number of anilines is 1. The number of fused-ring (bicyclic) bond motifs is 2. The molecule has 0 amide bonds. The zero-order valence-electron chi connectivity index (χ0n) is 20.5. The summed E-state index contributed by atoms with van der Waals surface area (Å²) in [5.41, 5.74) is 0.611. The maximum Gasteiger partial charge on any atom is 0.312 e. The van der Waals surface area contributed by atoms with E-state index in [0.717, 1.165) is 26.4 Å². The molecule has 1 unspecified atom stereocenters. The lowest BCUT2D eigenvalue weighted by Crippen LogP contribution is -2.57. The van der Waals surface area contributed by atoms with Gasteiger partial charge in [0.2, 0.25) is 10.0 Å². The molecule has 2 heterocycles. The Bertz CT molecular complexity index is 1620. The minimum absolute atomic E-state index is 0.0296. The quantitative estimate of drug-likeness (QED) is 0.130. The van der Waals surface area contributed by atoms with E-state index >= 15 is 0 Å². The molecule has 5 rings (SSSR count). The second-order valence-electron chi connectivity index (χ2n) is 8.93. The van der Waals surface area contributed by atoms with Gasteiger partial charge in [0.25, 0.3) is 0 Å². The van der Waals surface area contributed by atoms with Gasteiger partial charge in [-0.25, -0.2) is 13.7 Å². The van der Waals surface area contributed by atoms with Gasteiger partial charge in [-0.05, 0) is 42.0 Å². The smallest absolute Gasteiger partial charge is 0.312 e. The summed E-state index contributed by atoms with van der Waals surface area (Å²) in [6.45, 7) is 1.70. The summed E-state index contributed by atoms with van der Waals surface area (Å²) in [6.07, 6.45) is -0.0707. The molecule has 0 aliphatic heterocycles. The lowest BCUT2D eigenvalue weighted by atomic mass is 10.1. The van der Waals surface area contributed by atoms with Crippen LogP contribution in [0, 0.1) is 0 Å². The third kappa shape index (κ3) is 6.03. The molecule has 2 aromatic heterocycles. The van der Waals surface area contributed by atoms with Crippen molar-refractivity contribution in [3.63, 3.8) is 0 Å². The molecule has 0 aliphatic rings. The van der Waals surface area contributed by atoms with Crippen LogP contribution in [-0.2, 0) is 16.4 Å². The maximum atomic E-state index is 11.6. The van der Waals surface area contributed by atoms with Gasteiger partial charge in [-0.3, -0.25) is 4.72 Å². The molecular weight excluding hydrogens is 545 g/mol. The number of rotatable bonds is 10. The van der Waals surface area contributed by atoms with Crippen LogP contribution in [-0.4, -0.2) is 37.0 Å². The molecule has 3 aromatic carbocycles. The first-order valence-electron chi connectivity index (χ1n) is 11.6. The van der Waals surface area contributed by atoms with Gasteiger partial charge in [0.05, 0.1) is 11.9 Å². The van der Waals surface area contributed by atoms with Gasteiger partial charge in [0.1, 0.15) is 23.5 Å². The van der Waals surface area contributed by atoms with Crippen LogP contribution in [0.1, 0.15) is 12.5 Å². The second-order valence-corrected chi connectivity index (χ2v) is 12.5. The number of aromatic hydroxyl groups is 1. The van der Waals surface area contributed by atoms with E-state index in [4.69, 9.17) is 9.47 Å². The monoisotopic (exact) mass is 570 g/mol. The van der Waals surface area contributed by atoms with Crippen molar-refractivity contribution in [1.82, 2.24) is 5.32 Å². The van der Waals surface area contributed by atoms with Crippen LogP contribution in [0.25, 0.3) is 20.2 Å². The summed E-state index contributed by atoms with van der Waals surface area (Å²) in [5, 5.41) is 29.8. The van der Waals surface area contributed by atoms with Crippen molar-refractivity contribution in [2.45, 2.75) is 25.5 Å². The van der Waals surface area contributed by atoms with Crippen LogP contribution >= 0.6 is 22.7 Å². The molecule has 0 fully saturated rings. The third-order valence-electron chi connectivity index (χ3n) is 5.71. The number of thiophene rings is 2. The van der Waals surface area contributed by atoms with E-state index in [1.807, 2.05) is 59.3 Å². The molecule has 8 nitrogen and oxygen atoms in total. The molecular formula is C27H26N2O6S3. The van der Waals surface area contributed by atoms with Crippen LogP contribution in [0.5, 0.6) is 17.2 Å². The number of ether oxygens (including phenoxy) is 2. The SMILES string of the molecule is CC(NC(O)Cc1ccc(O)c(NS(C)(=O)=O)c1)(Oc1csc2ccccc12)Oc1csc2ccccc12. The largest absolute Gasteiger partial charge is 0.506 e. The number of phenols is 1. The highest BCUT2D eigenvalue weighted by atomic mass is 32.2. The Hall–Kier alpha value is -3.35. The number of aliphatic hydroxyl groups excluding tert-OH is 1. The number of nitrogens with one attached hydrogen (secondary N) is 2. The topological polar surface area (TPSA) is 117 Å². The first kappa shape index (κ1) is 26.3. The molecule has 38 heavy (non-hydrogen) atoms. The van der Waals surface area contributed by atoms with Crippen LogP contribution in [0.2, 0.25) is 0 Å². The van der Waals surface area contributed by atoms with Gasteiger partial charge in [0, 0.05) is 44.3 Å². The summed E-state index contributed by atoms with van der Waals surface area (Å²) in [4.78, 5) is 0.